The molecule has 1 aliphatic rings. The third-order valence-electron chi connectivity index (χ3n) is 3.97. The molecule has 0 bridgehead atoms. The Morgan fingerprint density at radius 1 is 0.619 bits per heavy atom. The Kier molecular flexibility index (Phi) is 3.60. The van der Waals surface area contributed by atoms with Gasteiger partial charge in [-0.15, -0.1) is 0 Å². The number of anilines is 2. The van der Waals surface area contributed by atoms with Crippen molar-refractivity contribution in [1.82, 2.24) is 0 Å². The summed E-state index contributed by atoms with van der Waals surface area (Å²) in [4.78, 5) is 4.21. The van der Waals surface area contributed by atoms with Crippen molar-refractivity contribution in [3.05, 3.63) is 59.7 Å². The SMILES string of the molecule is CN(C)c1ccc([C@H]2O[C@@H]2c2ccc(N(C)C)cc2)cc1. The lowest BCUT2D eigenvalue weighted by Gasteiger charge is -2.12. The van der Waals surface area contributed by atoms with Crippen LogP contribution in [0.3, 0.4) is 0 Å². The van der Waals surface area contributed by atoms with E-state index in [1.807, 2.05) is 0 Å². The highest BCUT2D eigenvalue weighted by Crippen LogP contribution is 2.51. The van der Waals surface area contributed by atoms with Crippen molar-refractivity contribution < 1.29 is 4.74 Å². The Morgan fingerprint density at radius 2 is 0.952 bits per heavy atom. The summed E-state index contributed by atoms with van der Waals surface area (Å²) < 4.78 is 5.86. The van der Waals surface area contributed by atoms with Crippen LogP contribution in [0.2, 0.25) is 0 Å². The summed E-state index contributed by atoms with van der Waals surface area (Å²) in [7, 11) is 8.21. The van der Waals surface area contributed by atoms with Gasteiger partial charge in [0, 0.05) is 39.6 Å². The first-order chi connectivity index (χ1) is 10.1. The molecule has 0 aromatic heterocycles. The molecule has 21 heavy (non-hydrogen) atoms. The second-order valence-electron chi connectivity index (χ2n) is 5.95. The van der Waals surface area contributed by atoms with Crippen molar-refractivity contribution in [2.75, 3.05) is 38.0 Å². The van der Waals surface area contributed by atoms with Crippen LogP contribution in [0.1, 0.15) is 23.3 Å². The van der Waals surface area contributed by atoms with Gasteiger partial charge < -0.3 is 14.5 Å². The minimum atomic E-state index is 0.200. The molecule has 3 heteroatoms. The summed E-state index contributed by atoms with van der Waals surface area (Å²) >= 11 is 0. The van der Waals surface area contributed by atoms with Gasteiger partial charge in [0.05, 0.1) is 0 Å². The van der Waals surface area contributed by atoms with Crippen molar-refractivity contribution in [3.8, 4) is 0 Å². The molecule has 3 rings (SSSR count). The molecule has 1 fully saturated rings. The number of ether oxygens (including phenoxy) is 1. The highest BCUT2D eigenvalue weighted by atomic mass is 16.6. The van der Waals surface area contributed by atoms with Crippen LogP contribution >= 0.6 is 0 Å². The Balaban J connectivity index is 1.70. The number of nitrogens with zero attached hydrogens (tertiary/aromatic N) is 2. The molecule has 2 atom stereocenters. The first-order valence-corrected chi connectivity index (χ1v) is 7.26. The molecule has 2 aromatic rings. The maximum atomic E-state index is 5.86. The highest BCUT2D eigenvalue weighted by molar-refractivity contribution is 5.49. The molecule has 0 spiro atoms. The molecule has 1 aliphatic heterocycles. The molecule has 0 amide bonds. The van der Waals surface area contributed by atoms with Gasteiger partial charge in [0.15, 0.2) is 0 Å². The van der Waals surface area contributed by atoms with E-state index in [9.17, 15) is 0 Å². The van der Waals surface area contributed by atoms with Crippen LogP contribution in [0.5, 0.6) is 0 Å². The number of epoxide rings is 1. The largest absolute Gasteiger partial charge is 0.378 e. The van der Waals surface area contributed by atoms with Crippen LogP contribution in [0.25, 0.3) is 0 Å². The van der Waals surface area contributed by atoms with Gasteiger partial charge in [0.25, 0.3) is 0 Å². The lowest BCUT2D eigenvalue weighted by atomic mass is 10.0. The van der Waals surface area contributed by atoms with Crippen molar-refractivity contribution in [3.63, 3.8) is 0 Å². The van der Waals surface area contributed by atoms with E-state index in [2.05, 4.69) is 86.5 Å². The minimum Gasteiger partial charge on any atom is -0.378 e. The third-order valence-corrected chi connectivity index (χ3v) is 3.97. The highest BCUT2D eigenvalue weighted by Gasteiger charge is 2.41. The molecule has 1 saturated heterocycles. The number of hydrogen-bond acceptors (Lipinski definition) is 3. The van der Waals surface area contributed by atoms with E-state index >= 15 is 0 Å². The summed E-state index contributed by atoms with van der Waals surface area (Å²) in [6.45, 7) is 0. The molecule has 2 aromatic carbocycles. The standard InChI is InChI=1S/C18H22N2O/c1-19(2)15-9-5-13(6-10-15)17-18(21-17)14-7-11-16(12-8-14)20(3)4/h5-12,17-18H,1-4H3/t17-,18-/m1/s1. The van der Waals surface area contributed by atoms with Crippen LogP contribution in [0.4, 0.5) is 11.4 Å². The zero-order valence-corrected chi connectivity index (χ0v) is 13.1. The molecule has 110 valence electrons. The van der Waals surface area contributed by atoms with Gasteiger partial charge >= 0.3 is 0 Å². The van der Waals surface area contributed by atoms with Gasteiger partial charge in [-0.05, 0) is 35.4 Å². The summed E-state index contributed by atoms with van der Waals surface area (Å²) in [6.07, 6.45) is 0.401. The first-order valence-electron chi connectivity index (χ1n) is 7.26. The quantitative estimate of drug-likeness (QED) is 0.798. The predicted molar refractivity (Wildman–Crippen MR) is 88.1 cm³/mol. The molecule has 0 N–H and O–H groups in total. The predicted octanol–water partition coefficient (Wildman–Crippen LogP) is 3.63. The molecule has 0 radical (unpaired) electrons. The van der Waals surface area contributed by atoms with Crippen molar-refractivity contribution in [2.45, 2.75) is 12.2 Å². The van der Waals surface area contributed by atoms with Crippen LogP contribution in [-0.2, 0) is 4.74 Å². The summed E-state index contributed by atoms with van der Waals surface area (Å²) in [5.74, 6) is 0. The zero-order valence-electron chi connectivity index (χ0n) is 13.1. The van der Waals surface area contributed by atoms with E-state index in [1.165, 1.54) is 22.5 Å². The molecular weight excluding hydrogens is 260 g/mol. The molecule has 0 unspecified atom stereocenters. The first kappa shape index (κ1) is 14.0. The Labute approximate surface area is 126 Å². The smallest absolute Gasteiger partial charge is 0.114 e. The summed E-state index contributed by atoms with van der Waals surface area (Å²) in [6, 6.07) is 17.2. The lowest BCUT2D eigenvalue weighted by molar-refractivity contribution is 0.377. The van der Waals surface area contributed by atoms with Gasteiger partial charge in [0.2, 0.25) is 0 Å². The van der Waals surface area contributed by atoms with E-state index in [1.54, 1.807) is 0 Å². The van der Waals surface area contributed by atoms with Gasteiger partial charge in [-0.3, -0.25) is 0 Å². The monoisotopic (exact) mass is 282 g/mol. The van der Waals surface area contributed by atoms with E-state index < -0.39 is 0 Å². The number of hydrogen-bond donors (Lipinski definition) is 0. The van der Waals surface area contributed by atoms with Crippen molar-refractivity contribution in [2.24, 2.45) is 0 Å². The lowest BCUT2D eigenvalue weighted by Crippen LogP contribution is -2.08. The van der Waals surface area contributed by atoms with Gasteiger partial charge in [-0.1, -0.05) is 24.3 Å². The topological polar surface area (TPSA) is 19.0 Å². The minimum absolute atomic E-state index is 0.200. The maximum absolute atomic E-state index is 5.86. The summed E-state index contributed by atoms with van der Waals surface area (Å²) in [5.41, 5.74) is 4.93. The molecule has 3 nitrogen and oxygen atoms in total. The van der Waals surface area contributed by atoms with E-state index in [-0.39, 0.29) is 12.2 Å². The van der Waals surface area contributed by atoms with Crippen LogP contribution < -0.4 is 9.80 Å². The maximum Gasteiger partial charge on any atom is 0.114 e. The normalized spacial score (nSPS) is 20.2. The molecule has 1 heterocycles. The molecule has 0 aliphatic carbocycles. The van der Waals surface area contributed by atoms with Gasteiger partial charge in [-0.2, -0.15) is 0 Å². The van der Waals surface area contributed by atoms with Crippen molar-refractivity contribution >= 4 is 11.4 Å². The van der Waals surface area contributed by atoms with Crippen molar-refractivity contribution in [1.29, 1.82) is 0 Å². The van der Waals surface area contributed by atoms with Crippen LogP contribution in [-0.4, -0.2) is 28.2 Å². The Hall–Kier alpha value is -2.00. The average molecular weight is 282 g/mol. The zero-order chi connectivity index (χ0) is 15.0. The average Bonchev–Trinajstić information content (AvgIpc) is 3.28. The second-order valence-corrected chi connectivity index (χ2v) is 5.95. The van der Waals surface area contributed by atoms with E-state index in [0.717, 1.165) is 0 Å². The van der Waals surface area contributed by atoms with Gasteiger partial charge in [-0.25, -0.2) is 0 Å². The molecular formula is C18H22N2O. The van der Waals surface area contributed by atoms with E-state index in [0.29, 0.717) is 0 Å². The second kappa shape index (κ2) is 5.41. The fraction of sp³-hybridized carbons (Fsp3) is 0.333. The fourth-order valence-corrected chi connectivity index (χ4v) is 2.54. The number of benzene rings is 2. The Morgan fingerprint density at radius 3 is 1.24 bits per heavy atom. The summed E-state index contributed by atoms with van der Waals surface area (Å²) in [5, 5.41) is 0. The fourth-order valence-electron chi connectivity index (χ4n) is 2.54. The van der Waals surface area contributed by atoms with Gasteiger partial charge in [0.1, 0.15) is 12.2 Å². The molecule has 0 saturated carbocycles. The van der Waals surface area contributed by atoms with E-state index in [4.69, 9.17) is 4.74 Å². The Bertz CT molecular complexity index is 547. The third kappa shape index (κ3) is 2.88. The van der Waals surface area contributed by atoms with Crippen LogP contribution in [0, 0.1) is 0 Å². The van der Waals surface area contributed by atoms with Crippen LogP contribution in [0.15, 0.2) is 48.5 Å². The number of rotatable bonds is 4.